The molecule has 174 valence electrons. The van der Waals surface area contributed by atoms with Gasteiger partial charge >= 0.3 is 5.97 Å². The van der Waals surface area contributed by atoms with Crippen molar-refractivity contribution in [2.75, 3.05) is 5.32 Å². The molecule has 2 aromatic carbocycles. The van der Waals surface area contributed by atoms with Crippen LogP contribution in [0.4, 0.5) is 11.5 Å². The van der Waals surface area contributed by atoms with Crippen LogP contribution in [0.3, 0.4) is 0 Å². The van der Waals surface area contributed by atoms with Crippen molar-refractivity contribution in [2.45, 2.75) is 0 Å². The molecule has 0 radical (unpaired) electrons. The van der Waals surface area contributed by atoms with E-state index in [9.17, 15) is 9.90 Å². The van der Waals surface area contributed by atoms with E-state index in [0.717, 1.165) is 10.2 Å². The second kappa shape index (κ2) is 9.16. The summed E-state index contributed by atoms with van der Waals surface area (Å²) in [6.45, 7) is 0. The van der Waals surface area contributed by atoms with Gasteiger partial charge in [0.25, 0.3) is 0 Å². The van der Waals surface area contributed by atoms with Crippen molar-refractivity contribution >= 4 is 62.0 Å². The number of halogens is 2. The molecule has 4 N–H and O–H groups in total. The van der Waals surface area contributed by atoms with E-state index in [1.807, 2.05) is 24.3 Å². The number of nitrogens with one attached hydrogen (secondary N) is 1. The summed E-state index contributed by atoms with van der Waals surface area (Å²) in [5.41, 5.74) is 1.92. The van der Waals surface area contributed by atoms with Crippen molar-refractivity contribution in [1.82, 2.24) is 20.3 Å². The molecule has 0 spiro atoms. The fourth-order valence-corrected chi connectivity index (χ4v) is 3.73. The Labute approximate surface area is 209 Å². The summed E-state index contributed by atoms with van der Waals surface area (Å²) in [6.07, 6.45) is 0. The molecule has 0 unspecified atom stereocenters. The van der Waals surface area contributed by atoms with Gasteiger partial charge in [0.05, 0.1) is 10.6 Å². The lowest BCUT2D eigenvalue weighted by atomic mass is 10.1. The van der Waals surface area contributed by atoms with E-state index >= 15 is 0 Å². The van der Waals surface area contributed by atoms with Gasteiger partial charge in [0.1, 0.15) is 11.5 Å². The molecule has 13 heteroatoms. The second-order valence-electron chi connectivity index (χ2n) is 7.11. The van der Waals surface area contributed by atoms with Gasteiger partial charge in [-0.1, -0.05) is 27.5 Å². The zero-order chi connectivity index (χ0) is 24.5. The second-order valence-corrected chi connectivity index (χ2v) is 8.43. The van der Waals surface area contributed by atoms with Gasteiger partial charge in [0.15, 0.2) is 17.3 Å². The number of fused-ring (bicyclic) bond motifs is 1. The van der Waals surface area contributed by atoms with Crippen LogP contribution in [0.25, 0.3) is 22.6 Å². The third kappa shape index (κ3) is 4.44. The van der Waals surface area contributed by atoms with Crippen LogP contribution in [0, 0.1) is 0 Å². The number of anilines is 2. The molecule has 0 fully saturated rings. The molecule has 35 heavy (non-hydrogen) atoms. The highest BCUT2D eigenvalue weighted by molar-refractivity contribution is 9.10. The predicted molar refractivity (Wildman–Crippen MR) is 131 cm³/mol. The minimum absolute atomic E-state index is 0.0503. The normalized spacial score (nSPS) is 11.7. The third-order valence-electron chi connectivity index (χ3n) is 4.90. The first-order valence-electron chi connectivity index (χ1n) is 9.87. The van der Waals surface area contributed by atoms with Crippen LogP contribution in [-0.4, -0.2) is 37.1 Å². The number of benzene rings is 2. The SMILES string of the molecule is NN=C(c1ccc(-c2ccc(Cl)c(C(=O)O)c2)o1)c1nc2nonc2nc1Nc1ccc(Br)cc1. The lowest BCUT2D eigenvalue weighted by Crippen LogP contribution is -2.13. The summed E-state index contributed by atoms with van der Waals surface area (Å²) < 4.78 is 11.6. The molecule has 0 aliphatic rings. The van der Waals surface area contributed by atoms with Crippen molar-refractivity contribution < 1.29 is 18.9 Å². The standard InChI is InChI=1S/C22H13BrClN7O4/c23-11-2-4-12(5-3-11)26-19-18(27-20-21(28-19)31-35-30-20)17(29-25)16-8-7-15(34-16)10-1-6-14(24)13(9-10)22(32)33/h1-9H,25H2,(H,32,33)(H,26,28,31). The molecule has 0 saturated carbocycles. The Morgan fingerprint density at radius 2 is 1.80 bits per heavy atom. The Morgan fingerprint density at radius 1 is 1.06 bits per heavy atom. The fraction of sp³-hybridized carbons (Fsp3) is 0. The summed E-state index contributed by atoms with van der Waals surface area (Å²) in [7, 11) is 0. The van der Waals surface area contributed by atoms with Gasteiger partial charge in [-0.3, -0.25) is 0 Å². The number of hydrazone groups is 1. The quantitative estimate of drug-likeness (QED) is 0.150. The molecule has 0 atom stereocenters. The Morgan fingerprint density at radius 3 is 2.51 bits per heavy atom. The predicted octanol–water partition coefficient (Wildman–Crippen LogP) is 4.84. The first kappa shape index (κ1) is 22.5. The van der Waals surface area contributed by atoms with Crippen molar-refractivity contribution in [2.24, 2.45) is 10.9 Å². The smallest absolute Gasteiger partial charge is 0.337 e. The van der Waals surface area contributed by atoms with E-state index in [1.165, 1.54) is 12.1 Å². The Bertz CT molecular complexity index is 1600. The minimum Gasteiger partial charge on any atom is -0.478 e. The van der Waals surface area contributed by atoms with Gasteiger partial charge in [-0.15, -0.1) is 0 Å². The zero-order valence-electron chi connectivity index (χ0n) is 17.4. The maximum absolute atomic E-state index is 11.4. The van der Waals surface area contributed by atoms with Gasteiger partial charge in [-0.05, 0) is 64.9 Å². The average molecular weight is 555 g/mol. The topological polar surface area (TPSA) is 166 Å². The Balaban J connectivity index is 1.57. The summed E-state index contributed by atoms with van der Waals surface area (Å²) in [5, 5.41) is 24.0. The number of nitrogens with zero attached hydrogens (tertiary/aromatic N) is 5. The monoisotopic (exact) mass is 553 g/mol. The summed E-state index contributed by atoms with van der Waals surface area (Å²) in [6, 6.07) is 15.2. The highest BCUT2D eigenvalue weighted by atomic mass is 79.9. The molecule has 0 aliphatic heterocycles. The average Bonchev–Trinajstić information content (AvgIpc) is 3.51. The van der Waals surface area contributed by atoms with Crippen molar-refractivity contribution in [3.8, 4) is 11.3 Å². The highest BCUT2D eigenvalue weighted by Crippen LogP contribution is 2.29. The van der Waals surface area contributed by atoms with E-state index < -0.39 is 5.97 Å². The van der Waals surface area contributed by atoms with E-state index in [-0.39, 0.29) is 44.9 Å². The molecule has 3 aromatic heterocycles. The molecule has 5 rings (SSSR count). The van der Waals surface area contributed by atoms with Crippen molar-refractivity contribution in [3.05, 3.63) is 81.1 Å². The highest BCUT2D eigenvalue weighted by Gasteiger charge is 2.22. The number of carbonyl (C=O) groups is 1. The number of carboxylic acid groups (broad SMARTS) is 1. The molecular weight excluding hydrogens is 542 g/mol. The van der Waals surface area contributed by atoms with Gasteiger partial charge in [-0.2, -0.15) is 5.10 Å². The number of aromatic carboxylic acids is 1. The van der Waals surface area contributed by atoms with Crippen LogP contribution < -0.4 is 11.2 Å². The van der Waals surface area contributed by atoms with Crippen molar-refractivity contribution in [3.63, 3.8) is 0 Å². The summed E-state index contributed by atoms with van der Waals surface area (Å²) >= 11 is 9.38. The first-order chi connectivity index (χ1) is 16.9. The lowest BCUT2D eigenvalue weighted by molar-refractivity contribution is 0.0697. The van der Waals surface area contributed by atoms with E-state index in [0.29, 0.717) is 11.3 Å². The van der Waals surface area contributed by atoms with E-state index in [2.05, 4.69) is 46.6 Å². The van der Waals surface area contributed by atoms with Gasteiger partial charge in [0.2, 0.25) is 11.3 Å². The molecular formula is C22H13BrClN7O4. The summed E-state index contributed by atoms with van der Waals surface area (Å²) in [4.78, 5) is 20.3. The third-order valence-corrected chi connectivity index (χ3v) is 5.75. The van der Waals surface area contributed by atoms with Crippen LogP contribution in [-0.2, 0) is 0 Å². The maximum atomic E-state index is 11.4. The number of hydrogen-bond donors (Lipinski definition) is 3. The van der Waals surface area contributed by atoms with Gasteiger partial charge in [-0.25, -0.2) is 19.4 Å². The van der Waals surface area contributed by atoms with E-state index in [1.54, 1.807) is 18.2 Å². The van der Waals surface area contributed by atoms with Crippen LogP contribution in [0.15, 0.2) is 73.2 Å². The molecule has 5 aromatic rings. The number of aromatic nitrogens is 4. The molecule has 0 amide bonds. The van der Waals surface area contributed by atoms with Crippen LogP contribution in [0.2, 0.25) is 5.02 Å². The van der Waals surface area contributed by atoms with Gasteiger partial charge in [0, 0.05) is 15.7 Å². The van der Waals surface area contributed by atoms with Crippen molar-refractivity contribution in [1.29, 1.82) is 0 Å². The first-order valence-corrected chi connectivity index (χ1v) is 11.0. The van der Waals surface area contributed by atoms with Gasteiger partial charge < -0.3 is 20.7 Å². The maximum Gasteiger partial charge on any atom is 0.337 e. The molecule has 0 aliphatic carbocycles. The lowest BCUT2D eigenvalue weighted by Gasteiger charge is -2.10. The minimum atomic E-state index is -1.15. The molecule has 11 nitrogen and oxygen atoms in total. The number of furan rings is 1. The molecule has 0 saturated heterocycles. The number of carboxylic acids is 1. The Kier molecular flexibility index (Phi) is 5.89. The number of nitrogens with two attached hydrogens (primary N) is 1. The van der Waals surface area contributed by atoms with Crippen LogP contribution in [0.5, 0.6) is 0 Å². The van der Waals surface area contributed by atoms with Crippen LogP contribution in [0.1, 0.15) is 21.8 Å². The fourth-order valence-electron chi connectivity index (χ4n) is 3.26. The van der Waals surface area contributed by atoms with E-state index in [4.69, 9.17) is 26.5 Å². The largest absolute Gasteiger partial charge is 0.478 e. The summed E-state index contributed by atoms with van der Waals surface area (Å²) in [5.74, 6) is 5.52. The Hall–Kier alpha value is -4.29. The number of rotatable bonds is 6. The molecule has 0 bridgehead atoms. The zero-order valence-corrected chi connectivity index (χ0v) is 19.8. The molecule has 3 heterocycles. The number of hydrogen-bond acceptors (Lipinski definition) is 10. The van der Waals surface area contributed by atoms with Crippen LogP contribution >= 0.6 is 27.5 Å².